The Kier molecular flexibility index (Phi) is 6.05. The molecule has 2 aliphatic rings. The Bertz CT molecular complexity index is 417. The topological polar surface area (TPSA) is 67.4 Å². The summed E-state index contributed by atoms with van der Waals surface area (Å²) >= 11 is 0. The van der Waals surface area contributed by atoms with E-state index in [0.29, 0.717) is 19.1 Å². The zero-order chi connectivity index (χ0) is 15.3. The van der Waals surface area contributed by atoms with Crippen molar-refractivity contribution < 1.29 is 13.2 Å². The molecule has 1 aliphatic heterocycles. The van der Waals surface area contributed by atoms with E-state index in [2.05, 4.69) is 23.9 Å². The number of nitrogens with one attached hydrogen (secondary N) is 2. The molecule has 6 heteroatoms. The van der Waals surface area contributed by atoms with Crippen LogP contribution in [-0.4, -0.2) is 46.0 Å². The molecule has 1 heterocycles. The lowest BCUT2D eigenvalue weighted by Crippen LogP contribution is -2.42. The highest BCUT2D eigenvalue weighted by Crippen LogP contribution is 2.36. The van der Waals surface area contributed by atoms with Crippen molar-refractivity contribution >= 4 is 10.0 Å². The van der Waals surface area contributed by atoms with Gasteiger partial charge in [0.05, 0.1) is 11.9 Å². The van der Waals surface area contributed by atoms with Crippen LogP contribution in [0.5, 0.6) is 0 Å². The van der Waals surface area contributed by atoms with Crippen molar-refractivity contribution in [1.29, 1.82) is 0 Å². The molecule has 21 heavy (non-hydrogen) atoms. The lowest BCUT2D eigenvalue weighted by Gasteiger charge is -2.28. The summed E-state index contributed by atoms with van der Waals surface area (Å²) in [5.74, 6) is 0.145. The van der Waals surface area contributed by atoms with Gasteiger partial charge in [-0.3, -0.25) is 0 Å². The molecule has 2 atom stereocenters. The molecule has 2 fully saturated rings. The summed E-state index contributed by atoms with van der Waals surface area (Å²) in [4.78, 5) is 0. The third-order valence-corrected chi connectivity index (χ3v) is 6.17. The average molecular weight is 318 g/mol. The molecule has 124 valence electrons. The van der Waals surface area contributed by atoms with Crippen molar-refractivity contribution in [2.45, 2.75) is 64.5 Å². The lowest BCUT2D eigenvalue weighted by atomic mass is 9.87. The second kappa shape index (κ2) is 7.40. The first-order valence-electron chi connectivity index (χ1n) is 8.21. The predicted octanol–water partition coefficient (Wildman–Crippen LogP) is 1.64. The summed E-state index contributed by atoms with van der Waals surface area (Å²) in [5, 5.41) is 3.42. The molecule has 1 aliphatic carbocycles. The van der Waals surface area contributed by atoms with Gasteiger partial charge in [0.25, 0.3) is 0 Å². The minimum absolute atomic E-state index is 0.0512. The van der Waals surface area contributed by atoms with E-state index in [-0.39, 0.29) is 17.3 Å². The monoisotopic (exact) mass is 318 g/mol. The van der Waals surface area contributed by atoms with Gasteiger partial charge in [0.2, 0.25) is 10.0 Å². The zero-order valence-electron chi connectivity index (χ0n) is 13.4. The fraction of sp³-hybridized carbons (Fsp3) is 1.00. The molecule has 0 aromatic carbocycles. The van der Waals surface area contributed by atoms with Crippen molar-refractivity contribution in [3.05, 3.63) is 0 Å². The highest BCUT2D eigenvalue weighted by atomic mass is 32.2. The molecule has 0 amide bonds. The Morgan fingerprint density at radius 3 is 2.62 bits per heavy atom. The van der Waals surface area contributed by atoms with Gasteiger partial charge in [0.1, 0.15) is 0 Å². The summed E-state index contributed by atoms with van der Waals surface area (Å²) in [6.07, 6.45) is 6.82. The molecule has 5 nitrogen and oxygen atoms in total. The maximum absolute atomic E-state index is 12.0. The van der Waals surface area contributed by atoms with E-state index in [1.807, 2.05) is 0 Å². The minimum atomic E-state index is -3.20. The largest absolute Gasteiger partial charge is 0.377 e. The van der Waals surface area contributed by atoms with Crippen LogP contribution in [0.15, 0.2) is 0 Å². The van der Waals surface area contributed by atoms with Crippen LogP contribution in [0.25, 0.3) is 0 Å². The van der Waals surface area contributed by atoms with E-state index in [4.69, 9.17) is 4.74 Å². The molecule has 0 aromatic rings. The molecule has 0 spiro atoms. The molecular formula is C15H30N2O3S. The van der Waals surface area contributed by atoms with Crippen LogP contribution in [0.3, 0.4) is 0 Å². The van der Waals surface area contributed by atoms with Gasteiger partial charge in [-0.05, 0) is 37.5 Å². The highest BCUT2D eigenvalue weighted by Gasteiger charge is 2.33. The second-order valence-electron chi connectivity index (χ2n) is 7.04. The number of sulfonamides is 1. The third kappa shape index (κ3) is 5.51. The van der Waals surface area contributed by atoms with Crippen molar-refractivity contribution in [3.8, 4) is 0 Å². The Labute approximate surface area is 129 Å². The van der Waals surface area contributed by atoms with Gasteiger partial charge < -0.3 is 10.1 Å². The van der Waals surface area contributed by atoms with Gasteiger partial charge in [0, 0.05) is 25.7 Å². The van der Waals surface area contributed by atoms with Crippen LogP contribution in [0.1, 0.15) is 52.4 Å². The van der Waals surface area contributed by atoms with Crippen molar-refractivity contribution in [2.75, 3.05) is 25.4 Å². The summed E-state index contributed by atoms with van der Waals surface area (Å²) in [6.45, 7) is 6.20. The average Bonchev–Trinajstić information content (AvgIpc) is 2.77. The quantitative estimate of drug-likeness (QED) is 0.749. The van der Waals surface area contributed by atoms with Crippen LogP contribution in [0.2, 0.25) is 0 Å². The summed E-state index contributed by atoms with van der Waals surface area (Å²) < 4.78 is 32.2. The maximum atomic E-state index is 12.0. The zero-order valence-corrected chi connectivity index (χ0v) is 14.2. The van der Waals surface area contributed by atoms with Crippen LogP contribution < -0.4 is 10.0 Å². The van der Waals surface area contributed by atoms with Gasteiger partial charge in [-0.2, -0.15) is 0 Å². The maximum Gasteiger partial charge on any atom is 0.212 e. The number of ether oxygens (including phenoxy) is 1. The lowest BCUT2D eigenvalue weighted by molar-refractivity contribution is 0.0200. The van der Waals surface area contributed by atoms with E-state index < -0.39 is 10.0 Å². The normalized spacial score (nSPS) is 29.6. The fourth-order valence-corrected chi connectivity index (χ4v) is 4.30. The van der Waals surface area contributed by atoms with E-state index >= 15 is 0 Å². The minimum Gasteiger partial charge on any atom is -0.377 e. The summed E-state index contributed by atoms with van der Waals surface area (Å²) in [5.41, 5.74) is 0.285. The molecule has 2 rings (SSSR count). The Hall–Kier alpha value is -0.170. The third-order valence-electron chi connectivity index (χ3n) is 4.82. The molecule has 0 aromatic heterocycles. The number of rotatable bonds is 7. The molecule has 0 bridgehead atoms. The first-order chi connectivity index (χ1) is 9.89. The van der Waals surface area contributed by atoms with Crippen molar-refractivity contribution in [1.82, 2.24) is 10.0 Å². The smallest absolute Gasteiger partial charge is 0.212 e. The van der Waals surface area contributed by atoms with E-state index in [1.165, 1.54) is 12.8 Å². The van der Waals surface area contributed by atoms with Gasteiger partial charge in [-0.25, -0.2) is 13.1 Å². The van der Waals surface area contributed by atoms with E-state index in [1.54, 1.807) is 0 Å². The molecule has 1 saturated carbocycles. The van der Waals surface area contributed by atoms with Crippen molar-refractivity contribution in [2.24, 2.45) is 5.41 Å². The van der Waals surface area contributed by atoms with E-state index in [9.17, 15) is 8.42 Å². The molecule has 1 saturated heterocycles. The van der Waals surface area contributed by atoms with Gasteiger partial charge in [0.15, 0.2) is 0 Å². The highest BCUT2D eigenvalue weighted by molar-refractivity contribution is 7.89. The Balaban J connectivity index is 1.66. The van der Waals surface area contributed by atoms with Gasteiger partial charge in [-0.1, -0.05) is 20.3 Å². The number of hydrogen-bond donors (Lipinski definition) is 2. The first kappa shape index (κ1) is 17.2. The van der Waals surface area contributed by atoms with Gasteiger partial charge in [-0.15, -0.1) is 0 Å². The SMILES string of the molecule is CC1(C)CCC[C@H]1NCCS(=O)(=O)NC[C@@H]1CCCCO1. The fourth-order valence-electron chi connectivity index (χ4n) is 3.33. The second-order valence-corrected chi connectivity index (χ2v) is 8.97. The van der Waals surface area contributed by atoms with Crippen LogP contribution >= 0.6 is 0 Å². The molecule has 2 N–H and O–H groups in total. The van der Waals surface area contributed by atoms with Crippen LogP contribution in [0.4, 0.5) is 0 Å². The Morgan fingerprint density at radius 1 is 1.19 bits per heavy atom. The standard InChI is InChI=1S/C15H30N2O3S/c1-15(2)8-5-7-14(15)16-9-11-21(18,19)17-12-13-6-3-4-10-20-13/h13-14,16-17H,3-12H2,1-2H3/t13-,14+/m0/s1. The molecule has 0 unspecified atom stereocenters. The van der Waals surface area contributed by atoms with Crippen LogP contribution in [0, 0.1) is 5.41 Å². The predicted molar refractivity (Wildman–Crippen MR) is 84.8 cm³/mol. The number of hydrogen-bond acceptors (Lipinski definition) is 4. The Morgan fingerprint density at radius 2 is 2.00 bits per heavy atom. The summed E-state index contributed by atoms with van der Waals surface area (Å²) in [6, 6.07) is 0.439. The molecular weight excluding hydrogens is 288 g/mol. The van der Waals surface area contributed by atoms with E-state index in [0.717, 1.165) is 32.3 Å². The first-order valence-corrected chi connectivity index (χ1v) is 9.87. The van der Waals surface area contributed by atoms with Gasteiger partial charge >= 0.3 is 0 Å². The van der Waals surface area contributed by atoms with Crippen LogP contribution in [-0.2, 0) is 14.8 Å². The van der Waals surface area contributed by atoms with Crippen molar-refractivity contribution in [3.63, 3.8) is 0 Å². The molecule has 0 radical (unpaired) electrons. The summed E-state index contributed by atoms with van der Waals surface area (Å²) in [7, 11) is -3.20.